The first-order valence-electron chi connectivity index (χ1n) is 6.13. The molecule has 7 nitrogen and oxygen atoms in total. The molecule has 3 N–H and O–H groups in total. The Morgan fingerprint density at radius 1 is 1.23 bits per heavy atom. The fourth-order valence-corrected chi connectivity index (χ4v) is 2.41. The maximum Gasteiger partial charge on any atom is 0.250 e. The van der Waals surface area contributed by atoms with E-state index in [0.29, 0.717) is 18.7 Å². The molecule has 0 radical (unpaired) electrons. The van der Waals surface area contributed by atoms with Gasteiger partial charge in [0, 0.05) is 13.2 Å². The number of carbonyl (C=O) groups excluding carboxylic acids is 1. The Bertz CT molecular complexity index is 637. The first-order valence-corrected chi connectivity index (χ1v) is 7.78. The zero-order valence-corrected chi connectivity index (χ0v) is 12.6. The SMILES string of the molecule is COCCOCCS(=O)(=O)Nc1cc(F)c(F)cc1C(N)=O. The number of primary amides is 1. The van der Waals surface area contributed by atoms with E-state index in [0.717, 1.165) is 0 Å². The van der Waals surface area contributed by atoms with E-state index in [9.17, 15) is 22.0 Å². The predicted molar refractivity (Wildman–Crippen MR) is 75.0 cm³/mol. The van der Waals surface area contributed by atoms with Crippen LogP contribution in [0, 0.1) is 11.6 Å². The van der Waals surface area contributed by atoms with Gasteiger partial charge in [-0.2, -0.15) is 0 Å². The number of sulfonamides is 1. The highest BCUT2D eigenvalue weighted by atomic mass is 32.2. The molecule has 22 heavy (non-hydrogen) atoms. The summed E-state index contributed by atoms with van der Waals surface area (Å²) < 4.78 is 61.6. The highest BCUT2D eigenvalue weighted by Crippen LogP contribution is 2.21. The molecule has 124 valence electrons. The van der Waals surface area contributed by atoms with Gasteiger partial charge in [-0.25, -0.2) is 17.2 Å². The van der Waals surface area contributed by atoms with Crippen LogP contribution in [0.2, 0.25) is 0 Å². The number of benzene rings is 1. The summed E-state index contributed by atoms with van der Waals surface area (Å²) in [4.78, 5) is 11.2. The Hall–Kier alpha value is -1.78. The molecule has 0 saturated carbocycles. The zero-order chi connectivity index (χ0) is 16.8. The van der Waals surface area contributed by atoms with Crippen LogP contribution in [0.1, 0.15) is 10.4 Å². The molecule has 1 rings (SSSR count). The number of amides is 1. The second-order valence-electron chi connectivity index (χ2n) is 4.20. The Morgan fingerprint density at radius 3 is 2.45 bits per heavy atom. The summed E-state index contributed by atoms with van der Waals surface area (Å²) in [6.45, 7) is 0.389. The van der Waals surface area contributed by atoms with Gasteiger partial charge in [0.2, 0.25) is 10.0 Å². The van der Waals surface area contributed by atoms with Crippen LogP contribution in [0.25, 0.3) is 0 Å². The van der Waals surface area contributed by atoms with E-state index in [-0.39, 0.29) is 13.2 Å². The maximum absolute atomic E-state index is 13.2. The number of halogens is 2. The van der Waals surface area contributed by atoms with Crippen molar-refractivity contribution in [2.75, 3.05) is 37.4 Å². The zero-order valence-electron chi connectivity index (χ0n) is 11.8. The molecule has 1 amide bonds. The molecule has 1 aromatic carbocycles. The summed E-state index contributed by atoms with van der Waals surface area (Å²) in [7, 11) is -2.45. The molecule has 1 aromatic rings. The largest absolute Gasteiger partial charge is 0.382 e. The molecule has 0 heterocycles. The van der Waals surface area contributed by atoms with Crippen LogP contribution in [0.15, 0.2) is 12.1 Å². The number of hydrogen-bond acceptors (Lipinski definition) is 5. The molecule has 0 saturated heterocycles. The van der Waals surface area contributed by atoms with Gasteiger partial charge < -0.3 is 15.2 Å². The highest BCUT2D eigenvalue weighted by Gasteiger charge is 2.18. The average molecular weight is 338 g/mol. The van der Waals surface area contributed by atoms with Crippen molar-refractivity contribution in [2.45, 2.75) is 0 Å². The van der Waals surface area contributed by atoms with Gasteiger partial charge in [0.05, 0.1) is 36.8 Å². The van der Waals surface area contributed by atoms with Gasteiger partial charge in [-0.05, 0) is 6.07 Å². The lowest BCUT2D eigenvalue weighted by Crippen LogP contribution is -2.23. The molecule has 0 atom stereocenters. The summed E-state index contributed by atoms with van der Waals surface area (Å²) in [6, 6.07) is 1.09. The van der Waals surface area contributed by atoms with Crippen molar-refractivity contribution in [3.63, 3.8) is 0 Å². The Kier molecular flexibility index (Phi) is 6.65. The Labute approximate surface area is 126 Å². The first-order chi connectivity index (χ1) is 10.3. The number of hydrogen-bond donors (Lipinski definition) is 2. The minimum absolute atomic E-state index is 0.131. The number of anilines is 1. The third kappa shape index (κ3) is 5.54. The van der Waals surface area contributed by atoms with Gasteiger partial charge in [-0.1, -0.05) is 0 Å². The summed E-state index contributed by atoms with van der Waals surface area (Å²) in [5.74, 6) is -4.14. The summed E-state index contributed by atoms with van der Waals surface area (Å²) in [5.41, 5.74) is 4.11. The topological polar surface area (TPSA) is 108 Å². The van der Waals surface area contributed by atoms with E-state index in [1.54, 1.807) is 0 Å². The molecule has 0 unspecified atom stereocenters. The molecule has 10 heteroatoms. The smallest absolute Gasteiger partial charge is 0.250 e. The van der Waals surface area contributed by atoms with Gasteiger partial charge in [-0.15, -0.1) is 0 Å². The van der Waals surface area contributed by atoms with Crippen LogP contribution in [0.3, 0.4) is 0 Å². The van der Waals surface area contributed by atoms with E-state index >= 15 is 0 Å². The van der Waals surface area contributed by atoms with Crippen molar-refractivity contribution in [1.82, 2.24) is 0 Å². The molecular formula is C12H16F2N2O5S. The predicted octanol–water partition coefficient (Wildman–Crippen LogP) is 0.468. The van der Waals surface area contributed by atoms with Crippen LogP contribution in [-0.4, -0.2) is 47.0 Å². The Morgan fingerprint density at radius 2 is 1.86 bits per heavy atom. The summed E-state index contributed by atoms with van der Waals surface area (Å²) >= 11 is 0. The normalized spacial score (nSPS) is 11.4. The summed E-state index contributed by atoms with van der Waals surface area (Å²) in [6.07, 6.45) is 0. The molecule has 0 aliphatic rings. The van der Waals surface area contributed by atoms with Crippen molar-refractivity contribution in [3.8, 4) is 0 Å². The van der Waals surface area contributed by atoms with Gasteiger partial charge in [0.25, 0.3) is 5.91 Å². The van der Waals surface area contributed by atoms with Crippen LogP contribution in [0.4, 0.5) is 14.5 Å². The quantitative estimate of drug-likeness (QED) is 0.636. The van der Waals surface area contributed by atoms with Crippen LogP contribution in [0.5, 0.6) is 0 Å². The second kappa shape index (κ2) is 8.01. The van der Waals surface area contributed by atoms with Crippen LogP contribution >= 0.6 is 0 Å². The number of nitrogens with one attached hydrogen (secondary N) is 1. The fourth-order valence-electron chi connectivity index (χ4n) is 1.47. The third-order valence-corrected chi connectivity index (χ3v) is 3.75. The standard InChI is InChI=1S/C12H16F2N2O5S/c1-20-2-3-21-4-5-22(18,19)16-11-7-10(14)9(13)6-8(11)12(15)17/h6-7,16H,2-5H2,1H3,(H2,15,17). The minimum atomic E-state index is -3.92. The molecule has 0 aliphatic heterocycles. The average Bonchev–Trinajstić information content (AvgIpc) is 2.41. The number of nitrogens with two attached hydrogens (primary N) is 1. The van der Waals surface area contributed by atoms with Crippen molar-refractivity contribution < 1.29 is 31.5 Å². The maximum atomic E-state index is 13.2. The number of rotatable bonds is 9. The van der Waals surface area contributed by atoms with Crippen molar-refractivity contribution in [3.05, 3.63) is 29.3 Å². The fraction of sp³-hybridized carbons (Fsp3) is 0.417. The lowest BCUT2D eigenvalue weighted by molar-refractivity contribution is 0.0785. The lowest BCUT2D eigenvalue weighted by atomic mass is 10.1. The molecule has 0 bridgehead atoms. The molecule has 0 aliphatic carbocycles. The summed E-state index contributed by atoms with van der Waals surface area (Å²) in [5, 5.41) is 0. The third-order valence-electron chi connectivity index (χ3n) is 2.52. The minimum Gasteiger partial charge on any atom is -0.382 e. The molecule has 0 spiro atoms. The molecule has 0 aromatic heterocycles. The number of methoxy groups -OCH3 is 1. The van der Waals surface area contributed by atoms with E-state index in [2.05, 4.69) is 0 Å². The lowest BCUT2D eigenvalue weighted by Gasteiger charge is -2.11. The number of carbonyl (C=O) groups is 1. The molecule has 0 fully saturated rings. The highest BCUT2D eigenvalue weighted by molar-refractivity contribution is 7.92. The first kappa shape index (κ1) is 18.3. The van der Waals surface area contributed by atoms with Crippen molar-refractivity contribution >= 4 is 21.6 Å². The Balaban J connectivity index is 2.80. The monoisotopic (exact) mass is 338 g/mol. The van der Waals surface area contributed by atoms with E-state index in [1.807, 2.05) is 4.72 Å². The van der Waals surface area contributed by atoms with Gasteiger partial charge >= 0.3 is 0 Å². The van der Waals surface area contributed by atoms with Crippen molar-refractivity contribution in [1.29, 1.82) is 0 Å². The second-order valence-corrected chi connectivity index (χ2v) is 6.04. The van der Waals surface area contributed by atoms with E-state index < -0.39 is 44.6 Å². The van der Waals surface area contributed by atoms with Crippen molar-refractivity contribution in [2.24, 2.45) is 5.73 Å². The van der Waals surface area contributed by atoms with Crippen LogP contribution < -0.4 is 10.5 Å². The molecular weight excluding hydrogens is 322 g/mol. The van der Waals surface area contributed by atoms with E-state index in [4.69, 9.17) is 15.2 Å². The van der Waals surface area contributed by atoms with Gasteiger partial charge in [0.1, 0.15) is 0 Å². The van der Waals surface area contributed by atoms with Gasteiger partial charge in [-0.3, -0.25) is 9.52 Å². The van der Waals surface area contributed by atoms with Gasteiger partial charge in [0.15, 0.2) is 11.6 Å². The number of ether oxygens (including phenoxy) is 2. The van der Waals surface area contributed by atoms with E-state index in [1.165, 1.54) is 7.11 Å². The van der Waals surface area contributed by atoms with Crippen LogP contribution in [-0.2, 0) is 19.5 Å².